The van der Waals surface area contributed by atoms with Gasteiger partial charge in [0.25, 0.3) is 6.01 Å². The largest absolute Gasteiger partial charge is 0.424 e. The zero-order valence-corrected chi connectivity index (χ0v) is 14.1. The van der Waals surface area contributed by atoms with Gasteiger partial charge in [-0.05, 0) is 53.7 Å². The van der Waals surface area contributed by atoms with E-state index in [2.05, 4.69) is 10.3 Å². The Morgan fingerprint density at radius 3 is 2.32 bits per heavy atom. The summed E-state index contributed by atoms with van der Waals surface area (Å²) in [4.78, 5) is 4.47. The molecule has 0 saturated carbocycles. The molecule has 3 rings (SSSR count). The quantitative estimate of drug-likeness (QED) is 0.918. The number of rotatable bonds is 3. The minimum Gasteiger partial charge on any atom is -0.424 e. The molecule has 5 nitrogen and oxygen atoms in total. The van der Waals surface area contributed by atoms with Crippen molar-refractivity contribution in [3.05, 3.63) is 23.8 Å². The Morgan fingerprint density at radius 2 is 1.73 bits per heavy atom. The second kappa shape index (κ2) is 4.96. The van der Waals surface area contributed by atoms with Crippen molar-refractivity contribution in [2.75, 3.05) is 5.32 Å². The molecular weight excluding hydrogens is 280 g/mol. The monoisotopic (exact) mass is 304 g/mol. The minimum absolute atomic E-state index is 0.274. The molecule has 0 atom stereocenters. The van der Waals surface area contributed by atoms with E-state index in [9.17, 15) is 0 Å². The van der Waals surface area contributed by atoms with Gasteiger partial charge in [-0.1, -0.05) is 6.07 Å². The summed E-state index contributed by atoms with van der Waals surface area (Å²) in [5.74, 6) is 0. The van der Waals surface area contributed by atoms with Crippen LogP contribution in [0.1, 0.15) is 53.4 Å². The number of anilines is 1. The fourth-order valence-electron chi connectivity index (χ4n) is 2.38. The first-order valence-electron chi connectivity index (χ1n) is 7.71. The van der Waals surface area contributed by atoms with Gasteiger partial charge in [-0.2, -0.15) is 4.98 Å². The summed E-state index contributed by atoms with van der Waals surface area (Å²) in [5, 5.41) is 3.17. The Hall–Kier alpha value is -1.59. The zero-order chi connectivity index (χ0) is 16.1. The van der Waals surface area contributed by atoms with Crippen LogP contribution in [0.2, 0.25) is 0 Å². The predicted molar refractivity (Wildman–Crippen MR) is 85.8 cm³/mol. The van der Waals surface area contributed by atoms with Crippen LogP contribution < -0.4 is 5.32 Å². The highest BCUT2D eigenvalue weighted by Gasteiger charge is 2.49. The summed E-state index contributed by atoms with van der Waals surface area (Å²) in [5.41, 5.74) is 1.82. The minimum atomic E-state index is -0.382. The molecular formula is C17H24N2O3. The molecule has 1 N–H and O–H groups in total. The molecule has 0 unspecified atom stereocenters. The molecule has 5 heteroatoms. The van der Waals surface area contributed by atoms with Crippen LogP contribution in [0.25, 0.3) is 11.1 Å². The Labute approximate surface area is 131 Å². The van der Waals surface area contributed by atoms with Crippen molar-refractivity contribution in [1.82, 2.24) is 4.98 Å². The molecule has 2 aromatic rings. The lowest BCUT2D eigenvalue weighted by atomic mass is 9.90. The third-order valence-electron chi connectivity index (χ3n) is 4.35. The van der Waals surface area contributed by atoms with Gasteiger partial charge in [0, 0.05) is 11.6 Å². The first-order chi connectivity index (χ1) is 10.2. The van der Waals surface area contributed by atoms with Gasteiger partial charge in [0.1, 0.15) is 5.52 Å². The van der Waals surface area contributed by atoms with Gasteiger partial charge >= 0.3 is 0 Å². The molecule has 2 heterocycles. The number of fused-ring (bicyclic) bond motifs is 1. The molecule has 0 spiro atoms. The topological polar surface area (TPSA) is 56.5 Å². The second-order valence-electron chi connectivity index (χ2n) is 7.13. The van der Waals surface area contributed by atoms with Crippen molar-refractivity contribution in [2.45, 2.75) is 65.1 Å². The zero-order valence-electron chi connectivity index (χ0n) is 14.1. The number of benzene rings is 1. The molecule has 1 aromatic carbocycles. The SMILES string of the molecule is CC(C)Nc1nc2cc(C3OC(C)(C)C(C)(C)O3)ccc2o1. The average Bonchev–Trinajstić information content (AvgIpc) is 2.85. The van der Waals surface area contributed by atoms with Crippen LogP contribution >= 0.6 is 0 Å². The van der Waals surface area contributed by atoms with E-state index in [-0.39, 0.29) is 23.5 Å². The molecule has 0 amide bonds. The fourth-order valence-corrected chi connectivity index (χ4v) is 2.38. The molecule has 1 aromatic heterocycles. The number of hydrogen-bond donors (Lipinski definition) is 1. The van der Waals surface area contributed by atoms with Crippen LogP contribution in [0, 0.1) is 0 Å². The van der Waals surface area contributed by atoms with E-state index >= 15 is 0 Å². The summed E-state index contributed by atoms with van der Waals surface area (Å²) in [6.45, 7) is 12.3. The molecule has 1 aliphatic rings. The van der Waals surface area contributed by atoms with Crippen LogP contribution in [0.15, 0.2) is 22.6 Å². The maximum absolute atomic E-state index is 6.07. The molecule has 0 radical (unpaired) electrons. The third kappa shape index (κ3) is 2.59. The summed E-state index contributed by atoms with van der Waals surface area (Å²) in [6, 6.07) is 6.65. The highest BCUT2D eigenvalue weighted by Crippen LogP contribution is 2.45. The summed E-state index contributed by atoms with van der Waals surface area (Å²) < 4.78 is 17.8. The van der Waals surface area contributed by atoms with E-state index in [1.165, 1.54) is 0 Å². The standard InChI is InChI=1S/C17H24N2O3/c1-10(2)18-15-19-12-9-11(7-8-13(12)20-15)14-21-16(3,4)17(5,6)22-14/h7-10,14H,1-6H3,(H,18,19). The highest BCUT2D eigenvalue weighted by atomic mass is 16.7. The summed E-state index contributed by atoms with van der Waals surface area (Å²) in [6.07, 6.45) is -0.382. The van der Waals surface area contributed by atoms with Crippen LogP contribution in [-0.2, 0) is 9.47 Å². The maximum atomic E-state index is 6.07. The van der Waals surface area contributed by atoms with Gasteiger partial charge in [0.05, 0.1) is 11.2 Å². The lowest BCUT2D eigenvalue weighted by molar-refractivity contribution is -0.0895. The lowest BCUT2D eigenvalue weighted by Crippen LogP contribution is -2.41. The van der Waals surface area contributed by atoms with E-state index in [1.807, 2.05) is 59.7 Å². The number of nitrogens with zero attached hydrogens (tertiary/aromatic N) is 1. The lowest BCUT2D eigenvalue weighted by Gasteiger charge is -2.30. The second-order valence-corrected chi connectivity index (χ2v) is 7.13. The van der Waals surface area contributed by atoms with E-state index in [1.54, 1.807) is 0 Å². The first kappa shape index (κ1) is 15.3. The molecule has 0 bridgehead atoms. The summed E-state index contributed by atoms with van der Waals surface area (Å²) in [7, 11) is 0. The highest BCUT2D eigenvalue weighted by molar-refractivity contribution is 5.75. The van der Waals surface area contributed by atoms with Crippen LogP contribution in [0.5, 0.6) is 0 Å². The number of ether oxygens (including phenoxy) is 2. The van der Waals surface area contributed by atoms with Gasteiger partial charge in [-0.15, -0.1) is 0 Å². The number of hydrogen-bond acceptors (Lipinski definition) is 5. The molecule has 1 saturated heterocycles. The molecule has 22 heavy (non-hydrogen) atoms. The van der Waals surface area contributed by atoms with Gasteiger partial charge in [-0.25, -0.2) is 0 Å². The number of aromatic nitrogens is 1. The van der Waals surface area contributed by atoms with E-state index in [0.717, 1.165) is 16.7 Å². The Bertz CT molecular complexity index is 672. The van der Waals surface area contributed by atoms with Crippen molar-refractivity contribution in [3.8, 4) is 0 Å². The molecule has 120 valence electrons. The van der Waals surface area contributed by atoms with E-state index in [4.69, 9.17) is 13.9 Å². The summed E-state index contributed by atoms with van der Waals surface area (Å²) >= 11 is 0. The van der Waals surface area contributed by atoms with Crippen molar-refractivity contribution >= 4 is 17.1 Å². The van der Waals surface area contributed by atoms with Crippen molar-refractivity contribution in [2.24, 2.45) is 0 Å². The van der Waals surface area contributed by atoms with E-state index in [0.29, 0.717) is 6.01 Å². The van der Waals surface area contributed by atoms with Gasteiger partial charge in [-0.3, -0.25) is 0 Å². The van der Waals surface area contributed by atoms with Gasteiger partial charge in [0.2, 0.25) is 0 Å². The van der Waals surface area contributed by atoms with Gasteiger partial charge in [0.15, 0.2) is 11.9 Å². The normalized spacial score (nSPS) is 20.9. The maximum Gasteiger partial charge on any atom is 0.295 e. The third-order valence-corrected chi connectivity index (χ3v) is 4.35. The smallest absolute Gasteiger partial charge is 0.295 e. The fraction of sp³-hybridized carbons (Fsp3) is 0.588. The van der Waals surface area contributed by atoms with E-state index < -0.39 is 0 Å². The van der Waals surface area contributed by atoms with Crippen molar-refractivity contribution in [3.63, 3.8) is 0 Å². The first-order valence-corrected chi connectivity index (χ1v) is 7.71. The number of nitrogens with one attached hydrogen (secondary N) is 1. The van der Waals surface area contributed by atoms with Crippen LogP contribution in [-0.4, -0.2) is 22.2 Å². The Balaban J connectivity index is 1.90. The van der Waals surface area contributed by atoms with Crippen molar-refractivity contribution < 1.29 is 13.9 Å². The number of oxazole rings is 1. The predicted octanol–water partition coefficient (Wildman–Crippen LogP) is 4.25. The van der Waals surface area contributed by atoms with Crippen LogP contribution in [0.4, 0.5) is 6.01 Å². The average molecular weight is 304 g/mol. The van der Waals surface area contributed by atoms with Gasteiger partial charge < -0.3 is 19.2 Å². The molecule has 0 aliphatic carbocycles. The molecule has 1 fully saturated rings. The molecule has 1 aliphatic heterocycles. The van der Waals surface area contributed by atoms with Crippen molar-refractivity contribution in [1.29, 1.82) is 0 Å². The Morgan fingerprint density at radius 1 is 1.09 bits per heavy atom. The Kier molecular flexibility index (Phi) is 3.45. The van der Waals surface area contributed by atoms with Crippen LogP contribution in [0.3, 0.4) is 0 Å².